The van der Waals surface area contributed by atoms with Crippen molar-refractivity contribution in [2.24, 2.45) is 5.92 Å². The van der Waals surface area contributed by atoms with Crippen molar-refractivity contribution < 1.29 is 29.3 Å². The predicted octanol–water partition coefficient (Wildman–Crippen LogP) is 2.71. The fourth-order valence-electron chi connectivity index (χ4n) is 4.37. The lowest BCUT2D eigenvalue weighted by molar-refractivity contribution is -0.139. The Morgan fingerprint density at radius 2 is 1.93 bits per heavy atom. The summed E-state index contributed by atoms with van der Waals surface area (Å²) in [6, 6.07) is 4.43. The molecule has 0 spiro atoms. The van der Waals surface area contributed by atoms with E-state index in [1.807, 2.05) is 0 Å². The number of fused-ring (bicyclic) bond motifs is 1. The molecule has 1 aromatic carbocycles. The Labute approximate surface area is 229 Å². The Balaban J connectivity index is 1.76. The van der Waals surface area contributed by atoms with Gasteiger partial charge in [0, 0.05) is 19.3 Å². The highest BCUT2D eigenvalue weighted by molar-refractivity contribution is 5.98. The number of aliphatic hydroxyl groups is 2. The van der Waals surface area contributed by atoms with Crippen LogP contribution >= 0.6 is 0 Å². The monoisotopic (exact) mass is 555 g/mol. The largest absolute Gasteiger partial charge is 0.481 e. The van der Waals surface area contributed by atoms with E-state index in [-0.39, 0.29) is 42.1 Å². The number of carbonyl (C=O) groups is 2. The SMILES string of the molecule is C/C=C\C(C=Cc1nc(-c2c(NC)c3c(F)cccc3[nH]c2=O)[nH]c1C)C(=O)NCCC(O)CC(O)CC(=O)O. The molecule has 2 heterocycles. The van der Waals surface area contributed by atoms with E-state index in [4.69, 9.17) is 5.11 Å². The van der Waals surface area contributed by atoms with E-state index in [0.717, 1.165) is 0 Å². The van der Waals surface area contributed by atoms with Crippen molar-refractivity contribution in [2.45, 2.75) is 45.3 Å². The van der Waals surface area contributed by atoms with Gasteiger partial charge in [-0.05, 0) is 44.9 Å². The highest BCUT2D eigenvalue weighted by atomic mass is 19.1. The van der Waals surface area contributed by atoms with Crippen LogP contribution in [0.25, 0.3) is 28.4 Å². The van der Waals surface area contributed by atoms with Crippen LogP contribution in [0.4, 0.5) is 10.1 Å². The van der Waals surface area contributed by atoms with Gasteiger partial charge in [0.15, 0.2) is 0 Å². The fourth-order valence-corrected chi connectivity index (χ4v) is 4.37. The first-order chi connectivity index (χ1) is 19.0. The van der Waals surface area contributed by atoms with Crippen molar-refractivity contribution in [3.63, 3.8) is 0 Å². The number of aliphatic carboxylic acids is 1. The van der Waals surface area contributed by atoms with Crippen molar-refractivity contribution in [2.75, 3.05) is 18.9 Å². The van der Waals surface area contributed by atoms with E-state index in [0.29, 0.717) is 22.6 Å². The molecule has 0 aliphatic rings. The number of aromatic amines is 2. The molecule has 11 nitrogen and oxygen atoms in total. The van der Waals surface area contributed by atoms with Crippen molar-refractivity contribution in [3.05, 3.63) is 64.0 Å². The third-order valence-corrected chi connectivity index (χ3v) is 6.29. The van der Waals surface area contributed by atoms with Crippen molar-refractivity contribution >= 4 is 34.5 Å². The first-order valence-corrected chi connectivity index (χ1v) is 12.8. The van der Waals surface area contributed by atoms with E-state index in [9.17, 15) is 29.0 Å². The third kappa shape index (κ3) is 7.42. The van der Waals surface area contributed by atoms with Gasteiger partial charge in [0.2, 0.25) is 5.91 Å². The molecule has 1 amide bonds. The predicted molar refractivity (Wildman–Crippen MR) is 150 cm³/mol. The van der Waals surface area contributed by atoms with Gasteiger partial charge in [-0.2, -0.15) is 0 Å². The summed E-state index contributed by atoms with van der Waals surface area (Å²) in [6.07, 6.45) is 4.11. The van der Waals surface area contributed by atoms with Crippen molar-refractivity contribution in [1.82, 2.24) is 20.3 Å². The maximum Gasteiger partial charge on any atom is 0.305 e. The molecule has 0 radical (unpaired) electrons. The second-order valence-corrected chi connectivity index (χ2v) is 9.34. The van der Waals surface area contributed by atoms with Gasteiger partial charge in [-0.1, -0.05) is 24.3 Å². The Hall–Kier alpha value is -4.29. The number of aliphatic hydroxyl groups excluding tert-OH is 2. The molecule has 0 aliphatic carbocycles. The van der Waals surface area contributed by atoms with Crippen LogP contribution in [0.1, 0.15) is 37.6 Å². The summed E-state index contributed by atoms with van der Waals surface area (Å²) in [5.41, 5.74) is 1.46. The number of aromatic nitrogens is 3. The summed E-state index contributed by atoms with van der Waals surface area (Å²) in [5.74, 6) is -2.41. The van der Waals surface area contributed by atoms with Gasteiger partial charge in [0.1, 0.15) is 17.2 Å². The van der Waals surface area contributed by atoms with Crippen LogP contribution in [0.3, 0.4) is 0 Å². The number of anilines is 1. The number of rotatable bonds is 13. The number of hydrogen-bond donors (Lipinski definition) is 7. The third-order valence-electron chi connectivity index (χ3n) is 6.29. The highest BCUT2D eigenvalue weighted by Gasteiger charge is 2.20. The molecule has 0 aliphatic heterocycles. The number of allylic oxidation sites excluding steroid dienone is 1. The molecule has 2 aromatic heterocycles. The van der Waals surface area contributed by atoms with Gasteiger partial charge in [-0.25, -0.2) is 9.37 Å². The molecule has 0 fully saturated rings. The molecule has 3 atom stereocenters. The zero-order valence-corrected chi connectivity index (χ0v) is 22.5. The van der Waals surface area contributed by atoms with Gasteiger partial charge < -0.3 is 35.9 Å². The van der Waals surface area contributed by atoms with E-state index in [1.54, 1.807) is 51.3 Å². The van der Waals surface area contributed by atoms with Crippen LogP contribution in [0, 0.1) is 18.7 Å². The molecule has 3 rings (SSSR count). The zero-order valence-electron chi connectivity index (χ0n) is 22.5. The molecule has 12 heteroatoms. The minimum Gasteiger partial charge on any atom is -0.481 e. The molecule has 40 heavy (non-hydrogen) atoms. The number of amides is 1. The molecule has 3 unspecified atom stereocenters. The molecular weight excluding hydrogens is 521 g/mol. The smallest absolute Gasteiger partial charge is 0.305 e. The van der Waals surface area contributed by atoms with Gasteiger partial charge in [-0.3, -0.25) is 14.4 Å². The number of carbonyl (C=O) groups excluding carboxylic acids is 1. The number of pyridine rings is 1. The van der Waals surface area contributed by atoms with E-state index in [2.05, 4.69) is 25.6 Å². The summed E-state index contributed by atoms with van der Waals surface area (Å²) in [7, 11) is 1.60. The number of nitrogens with one attached hydrogen (secondary N) is 4. The molecule has 3 aromatic rings. The van der Waals surface area contributed by atoms with Gasteiger partial charge >= 0.3 is 5.97 Å². The summed E-state index contributed by atoms with van der Waals surface area (Å²) >= 11 is 0. The van der Waals surface area contributed by atoms with Crippen molar-refractivity contribution in [1.29, 1.82) is 0 Å². The minimum absolute atomic E-state index is 0.108. The second kappa shape index (κ2) is 13.7. The number of H-pyrrole nitrogens is 2. The average molecular weight is 556 g/mol. The number of aryl methyl sites for hydroxylation is 1. The second-order valence-electron chi connectivity index (χ2n) is 9.34. The quantitative estimate of drug-likeness (QED) is 0.157. The van der Waals surface area contributed by atoms with Crippen LogP contribution in [0.2, 0.25) is 0 Å². The molecule has 7 N–H and O–H groups in total. The van der Waals surface area contributed by atoms with Crippen LogP contribution in [-0.2, 0) is 9.59 Å². The Kier molecular flexibility index (Phi) is 10.3. The fraction of sp³-hybridized carbons (Fsp3) is 0.357. The van der Waals surface area contributed by atoms with Gasteiger partial charge in [-0.15, -0.1) is 0 Å². The van der Waals surface area contributed by atoms with Crippen LogP contribution < -0.4 is 16.2 Å². The summed E-state index contributed by atoms with van der Waals surface area (Å²) in [5, 5.41) is 34.2. The average Bonchev–Trinajstić information content (AvgIpc) is 3.24. The summed E-state index contributed by atoms with van der Waals surface area (Å²) < 4.78 is 14.6. The molecule has 0 bridgehead atoms. The Morgan fingerprint density at radius 3 is 2.60 bits per heavy atom. The molecular formula is C28H34FN5O6. The maximum absolute atomic E-state index is 14.6. The number of carboxylic acids is 1. The van der Waals surface area contributed by atoms with E-state index < -0.39 is 41.9 Å². The van der Waals surface area contributed by atoms with Crippen LogP contribution in [-0.4, -0.2) is 67.9 Å². The highest BCUT2D eigenvalue weighted by Crippen LogP contribution is 2.31. The topological polar surface area (TPSA) is 180 Å². The normalized spacial score (nSPS) is 14.1. The van der Waals surface area contributed by atoms with Crippen LogP contribution in [0.5, 0.6) is 0 Å². The number of carboxylic acid groups (broad SMARTS) is 1. The van der Waals surface area contributed by atoms with Crippen molar-refractivity contribution in [3.8, 4) is 11.4 Å². The molecule has 0 saturated heterocycles. The van der Waals surface area contributed by atoms with Gasteiger partial charge in [0.05, 0.1) is 46.8 Å². The Morgan fingerprint density at radius 1 is 1.18 bits per heavy atom. The lowest BCUT2D eigenvalue weighted by Crippen LogP contribution is -2.32. The summed E-state index contributed by atoms with van der Waals surface area (Å²) in [4.78, 5) is 46.6. The van der Waals surface area contributed by atoms with Crippen LogP contribution in [0.15, 0.2) is 41.2 Å². The van der Waals surface area contributed by atoms with E-state index in [1.165, 1.54) is 12.1 Å². The first kappa shape index (κ1) is 30.3. The standard InChI is InChI=1S/C28H34FN5O6/c1-4-6-16(27(39)31-12-11-17(35)13-18(36)14-22(37)38)9-10-20-15(2)32-26(33-20)24-25(30-3)23-19(29)7-5-8-21(23)34-28(24)40/h4-10,16-18,35-36H,11-14H2,1-3H3,(H,31,39)(H,32,33)(H,37,38)(H2,30,34,40)/b6-4-,10-9?. The van der Waals surface area contributed by atoms with Gasteiger partial charge in [0.25, 0.3) is 5.56 Å². The number of nitrogens with zero attached hydrogens (tertiary/aromatic N) is 1. The first-order valence-electron chi connectivity index (χ1n) is 12.8. The number of imidazole rings is 1. The lowest BCUT2D eigenvalue weighted by atomic mass is 10.1. The zero-order chi connectivity index (χ0) is 29.4. The van der Waals surface area contributed by atoms with E-state index >= 15 is 0 Å². The number of halogens is 1. The Bertz CT molecular complexity index is 1480. The minimum atomic E-state index is -1.17. The number of benzene rings is 1. The summed E-state index contributed by atoms with van der Waals surface area (Å²) in [6.45, 7) is 3.65. The number of hydrogen-bond acceptors (Lipinski definition) is 7. The molecule has 214 valence electrons. The lowest BCUT2D eigenvalue weighted by Gasteiger charge is -2.15. The molecule has 0 saturated carbocycles. The maximum atomic E-state index is 14.6.